The molecule has 0 fully saturated rings. The van der Waals surface area contributed by atoms with Gasteiger partial charge in [0.1, 0.15) is 13.2 Å². The molecule has 0 aromatic heterocycles. The molecule has 1 aromatic carbocycles. The second-order valence-corrected chi connectivity index (χ2v) is 4.63. The Kier molecular flexibility index (Phi) is 3.83. The van der Waals surface area contributed by atoms with Crippen LogP contribution >= 0.6 is 0 Å². The second-order valence-electron chi connectivity index (χ2n) is 4.63. The number of carboxylic acids is 1. The predicted molar refractivity (Wildman–Crippen MR) is 70.9 cm³/mol. The summed E-state index contributed by atoms with van der Waals surface area (Å²) in [5.74, 6) is -0.00630. The van der Waals surface area contributed by atoms with Crippen LogP contribution in [0.25, 0.3) is 0 Å². The number of rotatable bonds is 5. The van der Waals surface area contributed by atoms with Crippen molar-refractivity contribution < 1.29 is 24.2 Å². The smallest absolute Gasteiger partial charge is 0.334 e. The standard InChI is InChI=1S/C14H17NO5/c1-3-15(9-16)14(2,13(17)18)10-4-5-11-12(8-10)20-7-6-19-11/h4-5,8-9H,3,6-7H2,1-2H3,(H,17,18). The Labute approximate surface area is 116 Å². The first-order valence-electron chi connectivity index (χ1n) is 6.39. The lowest BCUT2D eigenvalue weighted by atomic mass is 9.90. The highest BCUT2D eigenvalue weighted by molar-refractivity contribution is 5.83. The molecule has 2 rings (SSSR count). The molecule has 6 nitrogen and oxygen atoms in total. The lowest BCUT2D eigenvalue weighted by molar-refractivity contribution is -0.154. The maximum atomic E-state index is 11.7. The van der Waals surface area contributed by atoms with Crippen molar-refractivity contribution in [3.8, 4) is 11.5 Å². The van der Waals surface area contributed by atoms with Gasteiger partial charge in [-0.2, -0.15) is 0 Å². The molecule has 108 valence electrons. The van der Waals surface area contributed by atoms with E-state index in [4.69, 9.17) is 9.47 Å². The van der Waals surface area contributed by atoms with E-state index >= 15 is 0 Å². The van der Waals surface area contributed by atoms with Crippen LogP contribution in [-0.2, 0) is 15.1 Å². The van der Waals surface area contributed by atoms with Crippen LogP contribution in [-0.4, -0.2) is 42.1 Å². The fourth-order valence-corrected chi connectivity index (χ4v) is 2.25. The fraction of sp³-hybridized carbons (Fsp3) is 0.429. The van der Waals surface area contributed by atoms with Crippen LogP contribution in [0.1, 0.15) is 19.4 Å². The van der Waals surface area contributed by atoms with E-state index in [2.05, 4.69) is 0 Å². The summed E-state index contributed by atoms with van der Waals surface area (Å²) in [6, 6.07) is 4.94. The van der Waals surface area contributed by atoms with E-state index in [-0.39, 0.29) is 0 Å². The Morgan fingerprint density at radius 3 is 2.60 bits per heavy atom. The summed E-state index contributed by atoms with van der Waals surface area (Å²) in [6.45, 7) is 4.41. The van der Waals surface area contributed by atoms with Crippen molar-refractivity contribution in [3.05, 3.63) is 23.8 Å². The molecule has 1 aliphatic rings. The van der Waals surface area contributed by atoms with E-state index in [9.17, 15) is 14.7 Å². The van der Waals surface area contributed by atoms with Crippen LogP contribution in [0.3, 0.4) is 0 Å². The summed E-state index contributed by atoms with van der Waals surface area (Å²) in [5.41, 5.74) is -0.963. The molecule has 0 bridgehead atoms. The molecule has 0 aliphatic carbocycles. The van der Waals surface area contributed by atoms with E-state index < -0.39 is 11.5 Å². The predicted octanol–water partition coefficient (Wildman–Crippen LogP) is 1.24. The minimum atomic E-state index is -1.44. The first kappa shape index (κ1) is 14.2. The number of hydrogen-bond acceptors (Lipinski definition) is 4. The Morgan fingerprint density at radius 2 is 2.05 bits per heavy atom. The third kappa shape index (κ3) is 2.17. The summed E-state index contributed by atoms with van der Waals surface area (Å²) in [5, 5.41) is 9.55. The maximum absolute atomic E-state index is 11.7. The molecule has 1 N–H and O–H groups in total. The lowest BCUT2D eigenvalue weighted by Crippen LogP contribution is -2.49. The number of amides is 1. The third-order valence-electron chi connectivity index (χ3n) is 3.56. The maximum Gasteiger partial charge on any atom is 0.334 e. The average Bonchev–Trinajstić information content (AvgIpc) is 2.47. The Bertz CT molecular complexity index is 530. The molecule has 0 radical (unpaired) electrons. The number of carbonyl (C=O) groups is 2. The minimum Gasteiger partial charge on any atom is -0.486 e. The number of nitrogens with zero attached hydrogens (tertiary/aromatic N) is 1. The summed E-state index contributed by atoms with van der Waals surface area (Å²) in [6.07, 6.45) is 0.547. The molecule has 1 heterocycles. The SMILES string of the molecule is CCN(C=O)C(C)(C(=O)O)c1ccc2c(c1)OCCO2. The van der Waals surface area contributed by atoms with Crippen molar-refractivity contribution in [2.45, 2.75) is 19.4 Å². The van der Waals surface area contributed by atoms with Crippen LogP contribution in [0.5, 0.6) is 11.5 Å². The third-order valence-corrected chi connectivity index (χ3v) is 3.56. The van der Waals surface area contributed by atoms with Gasteiger partial charge in [-0.25, -0.2) is 4.79 Å². The topological polar surface area (TPSA) is 76.1 Å². The molecule has 1 aliphatic heterocycles. The number of hydrogen-bond donors (Lipinski definition) is 1. The van der Waals surface area contributed by atoms with E-state index in [0.29, 0.717) is 43.2 Å². The summed E-state index contributed by atoms with van der Waals surface area (Å²) in [7, 11) is 0. The number of benzene rings is 1. The van der Waals surface area contributed by atoms with Gasteiger partial charge in [0.05, 0.1) is 0 Å². The van der Waals surface area contributed by atoms with Gasteiger partial charge in [-0.05, 0) is 31.5 Å². The first-order chi connectivity index (χ1) is 9.53. The molecule has 6 heteroatoms. The van der Waals surface area contributed by atoms with E-state index in [1.54, 1.807) is 25.1 Å². The van der Waals surface area contributed by atoms with E-state index in [0.717, 1.165) is 0 Å². The van der Waals surface area contributed by atoms with Crippen LogP contribution in [0.2, 0.25) is 0 Å². The number of carbonyl (C=O) groups excluding carboxylic acids is 1. The van der Waals surface area contributed by atoms with Crippen molar-refractivity contribution in [1.82, 2.24) is 4.90 Å². The molecular formula is C14H17NO5. The van der Waals surface area contributed by atoms with E-state index in [1.807, 2.05) is 0 Å². The van der Waals surface area contributed by atoms with Gasteiger partial charge in [-0.3, -0.25) is 4.79 Å². The lowest BCUT2D eigenvalue weighted by Gasteiger charge is -2.35. The number of carboxylic acid groups (broad SMARTS) is 1. The largest absolute Gasteiger partial charge is 0.486 e. The molecule has 1 unspecified atom stereocenters. The Morgan fingerprint density at radius 1 is 1.40 bits per heavy atom. The van der Waals surface area contributed by atoms with Gasteiger partial charge in [-0.1, -0.05) is 6.07 Å². The van der Waals surface area contributed by atoms with Gasteiger partial charge in [0.2, 0.25) is 6.41 Å². The highest BCUT2D eigenvalue weighted by Gasteiger charge is 2.41. The molecule has 1 aromatic rings. The van der Waals surface area contributed by atoms with Crippen molar-refractivity contribution in [2.24, 2.45) is 0 Å². The fourth-order valence-electron chi connectivity index (χ4n) is 2.25. The molecule has 0 spiro atoms. The molecule has 1 atom stereocenters. The molecule has 1 amide bonds. The van der Waals surface area contributed by atoms with Gasteiger partial charge in [0, 0.05) is 6.54 Å². The van der Waals surface area contributed by atoms with Crippen LogP contribution in [0.15, 0.2) is 18.2 Å². The molecule has 20 heavy (non-hydrogen) atoms. The minimum absolute atomic E-state index is 0.292. The van der Waals surface area contributed by atoms with Gasteiger partial charge >= 0.3 is 5.97 Å². The highest BCUT2D eigenvalue weighted by Crippen LogP contribution is 2.36. The van der Waals surface area contributed by atoms with Crippen molar-refractivity contribution in [3.63, 3.8) is 0 Å². The van der Waals surface area contributed by atoms with Crippen LogP contribution < -0.4 is 9.47 Å². The highest BCUT2D eigenvalue weighted by atomic mass is 16.6. The molecular weight excluding hydrogens is 262 g/mol. The van der Waals surface area contributed by atoms with Gasteiger partial charge < -0.3 is 19.5 Å². The van der Waals surface area contributed by atoms with Crippen LogP contribution in [0, 0.1) is 0 Å². The molecule has 0 saturated carbocycles. The van der Waals surface area contributed by atoms with E-state index in [1.165, 1.54) is 11.8 Å². The van der Waals surface area contributed by atoms with Crippen molar-refractivity contribution in [2.75, 3.05) is 19.8 Å². The number of fused-ring (bicyclic) bond motifs is 1. The zero-order valence-corrected chi connectivity index (χ0v) is 11.5. The Hall–Kier alpha value is -2.24. The zero-order valence-electron chi connectivity index (χ0n) is 11.5. The number of likely N-dealkylation sites (N-methyl/N-ethyl adjacent to an activating group) is 1. The normalized spacial score (nSPS) is 16.1. The van der Waals surface area contributed by atoms with Gasteiger partial charge in [0.25, 0.3) is 0 Å². The zero-order chi connectivity index (χ0) is 14.8. The first-order valence-corrected chi connectivity index (χ1v) is 6.39. The molecule has 0 saturated heterocycles. The van der Waals surface area contributed by atoms with Gasteiger partial charge in [-0.15, -0.1) is 0 Å². The Balaban J connectivity index is 2.49. The summed E-state index contributed by atoms with van der Waals surface area (Å²) in [4.78, 5) is 24.1. The monoisotopic (exact) mass is 279 g/mol. The number of aliphatic carboxylic acids is 1. The van der Waals surface area contributed by atoms with Crippen molar-refractivity contribution in [1.29, 1.82) is 0 Å². The van der Waals surface area contributed by atoms with Crippen molar-refractivity contribution >= 4 is 12.4 Å². The van der Waals surface area contributed by atoms with Crippen LogP contribution in [0.4, 0.5) is 0 Å². The quantitative estimate of drug-likeness (QED) is 0.821. The second kappa shape index (κ2) is 5.40. The summed E-state index contributed by atoms with van der Waals surface area (Å²) >= 11 is 0. The summed E-state index contributed by atoms with van der Waals surface area (Å²) < 4.78 is 10.9. The van der Waals surface area contributed by atoms with Gasteiger partial charge in [0.15, 0.2) is 17.0 Å². The number of ether oxygens (including phenoxy) is 2. The average molecular weight is 279 g/mol.